The Balaban J connectivity index is 1.52. The number of nitrogens with zero attached hydrogens (tertiary/aromatic N) is 3. The van der Waals surface area contributed by atoms with Crippen LogP contribution in [0, 0.1) is 0 Å². The van der Waals surface area contributed by atoms with E-state index in [1.807, 2.05) is 30.6 Å². The summed E-state index contributed by atoms with van der Waals surface area (Å²) < 4.78 is 1.72. The zero-order chi connectivity index (χ0) is 24.3. The second-order valence-electron chi connectivity index (χ2n) is 9.04. The maximum atomic E-state index is 10.3. The average Bonchev–Trinajstić information content (AvgIpc) is 3.57. The molecular weight excluding hydrogens is 452 g/mol. The molecule has 5 rings (SSSR count). The molecule has 2 aromatic heterocycles. The molecule has 35 heavy (non-hydrogen) atoms. The van der Waals surface area contributed by atoms with Crippen LogP contribution in [0.2, 0.25) is 0 Å². The maximum Gasteiger partial charge on any atom is 0.210 e. The van der Waals surface area contributed by atoms with Gasteiger partial charge in [-0.2, -0.15) is 5.10 Å². The molecular formula is C29H28N4OS. The number of nitrogens with one attached hydrogen (secondary N) is 1. The molecule has 0 radical (unpaired) electrons. The summed E-state index contributed by atoms with van der Waals surface area (Å²) in [5.74, 6) is 0. The van der Waals surface area contributed by atoms with Gasteiger partial charge < -0.3 is 5.11 Å². The zero-order valence-corrected chi connectivity index (χ0v) is 20.6. The van der Waals surface area contributed by atoms with Gasteiger partial charge in [0.05, 0.1) is 17.3 Å². The quantitative estimate of drug-likeness (QED) is 0.282. The van der Waals surface area contributed by atoms with Gasteiger partial charge in [0, 0.05) is 29.4 Å². The Morgan fingerprint density at radius 1 is 0.771 bits per heavy atom. The molecule has 0 amide bonds. The van der Waals surface area contributed by atoms with Crippen LogP contribution in [0.15, 0.2) is 110 Å². The predicted molar refractivity (Wildman–Crippen MR) is 141 cm³/mol. The predicted octanol–water partition coefficient (Wildman–Crippen LogP) is 5.64. The second-order valence-corrected chi connectivity index (χ2v) is 10.1. The molecule has 0 saturated carbocycles. The summed E-state index contributed by atoms with van der Waals surface area (Å²) in [5, 5.41) is 19.3. The van der Waals surface area contributed by atoms with Crippen molar-refractivity contribution in [2.24, 2.45) is 0 Å². The lowest BCUT2D eigenvalue weighted by Crippen LogP contribution is -2.44. The number of aromatic nitrogens is 3. The molecule has 0 aliphatic rings. The van der Waals surface area contributed by atoms with Crippen molar-refractivity contribution < 1.29 is 5.11 Å². The first-order chi connectivity index (χ1) is 17.0. The summed E-state index contributed by atoms with van der Waals surface area (Å²) in [4.78, 5) is 5.69. The first kappa shape index (κ1) is 23.2. The third-order valence-electron chi connectivity index (χ3n) is 6.17. The fraction of sp³-hybridized carbons (Fsp3) is 0.172. The van der Waals surface area contributed by atoms with Crippen molar-refractivity contribution in [3.63, 3.8) is 0 Å². The van der Waals surface area contributed by atoms with E-state index in [-0.39, 0.29) is 0 Å². The van der Waals surface area contributed by atoms with E-state index in [1.165, 1.54) is 16.7 Å². The van der Waals surface area contributed by atoms with Gasteiger partial charge in [-0.3, -0.25) is 5.32 Å². The van der Waals surface area contributed by atoms with Crippen LogP contribution in [0.3, 0.4) is 0 Å². The van der Waals surface area contributed by atoms with Gasteiger partial charge in [0.2, 0.25) is 5.13 Å². The van der Waals surface area contributed by atoms with Crippen LogP contribution in [0.25, 0.3) is 5.13 Å². The van der Waals surface area contributed by atoms with Gasteiger partial charge in [-0.05, 0) is 30.5 Å². The molecule has 0 atom stereocenters. The van der Waals surface area contributed by atoms with Gasteiger partial charge in [-0.1, -0.05) is 102 Å². The van der Waals surface area contributed by atoms with Crippen LogP contribution in [0.1, 0.15) is 41.0 Å². The molecule has 0 spiro atoms. The molecule has 5 nitrogen and oxygen atoms in total. The largest absolute Gasteiger partial charge is 0.386 e. The highest BCUT2D eigenvalue weighted by atomic mass is 32.1. The Labute approximate surface area is 209 Å². The molecule has 6 heteroatoms. The second kappa shape index (κ2) is 9.58. The number of hydrogen-bond donors (Lipinski definition) is 2. The Kier molecular flexibility index (Phi) is 6.34. The van der Waals surface area contributed by atoms with Gasteiger partial charge in [0.25, 0.3) is 0 Å². The van der Waals surface area contributed by atoms with Crippen molar-refractivity contribution in [1.82, 2.24) is 20.1 Å². The minimum absolute atomic E-state index is 0.534. The lowest BCUT2D eigenvalue weighted by molar-refractivity contribution is 0.0786. The molecule has 0 fully saturated rings. The normalized spacial score (nSPS) is 12.1. The van der Waals surface area contributed by atoms with E-state index >= 15 is 0 Å². The van der Waals surface area contributed by atoms with Crippen molar-refractivity contribution in [3.8, 4) is 5.13 Å². The van der Waals surface area contributed by atoms with E-state index in [1.54, 1.807) is 36.1 Å². The van der Waals surface area contributed by atoms with E-state index in [4.69, 9.17) is 0 Å². The summed E-state index contributed by atoms with van der Waals surface area (Å²) in [6.45, 7) is 4.12. The molecule has 0 bridgehead atoms. The Morgan fingerprint density at radius 3 is 1.74 bits per heavy atom. The Hall–Kier alpha value is -3.58. The summed E-state index contributed by atoms with van der Waals surface area (Å²) in [6.07, 6.45) is 5.41. The fourth-order valence-electron chi connectivity index (χ4n) is 4.32. The van der Waals surface area contributed by atoms with E-state index in [0.29, 0.717) is 6.54 Å². The standard InChI is InChI=1S/C29H28N4OS/c1-28(2,34)25-18-32-33(21-25)27-30-19-26(35-27)20-31-29(22-12-6-3-7-13-22,23-14-8-4-9-15-23)24-16-10-5-11-17-24/h3-19,21,31,34H,20H2,1-2H3. The molecule has 2 heterocycles. The van der Waals surface area contributed by atoms with Gasteiger partial charge >= 0.3 is 0 Å². The Morgan fingerprint density at radius 2 is 1.29 bits per heavy atom. The monoisotopic (exact) mass is 480 g/mol. The molecule has 176 valence electrons. The van der Waals surface area contributed by atoms with E-state index < -0.39 is 11.1 Å². The van der Waals surface area contributed by atoms with Crippen LogP contribution in [0.4, 0.5) is 0 Å². The van der Waals surface area contributed by atoms with Crippen molar-refractivity contribution in [2.45, 2.75) is 31.5 Å². The minimum atomic E-state index is -0.944. The molecule has 0 aliphatic carbocycles. The van der Waals surface area contributed by atoms with Gasteiger partial charge in [-0.25, -0.2) is 9.67 Å². The molecule has 3 aromatic carbocycles. The topological polar surface area (TPSA) is 63.0 Å². The Bertz CT molecular complexity index is 1280. The average molecular weight is 481 g/mol. The minimum Gasteiger partial charge on any atom is -0.386 e. The number of aliphatic hydroxyl groups is 1. The molecule has 5 aromatic rings. The zero-order valence-electron chi connectivity index (χ0n) is 19.8. The number of hydrogen-bond acceptors (Lipinski definition) is 5. The first-order valence-electron chi connectivity index (χ1n) is 11.6. The van der Waals surface area contributed by atoms with Crippen LogP contribution in [-0.2, 0) is 17.7 Å². The van der Waals surface area contributed by atoms with Crippen molar-refractivity contribution >= 4 is 11.3 Å². The summed E-state index contributed by atoms with van der Waals surface area (Å²) >= 11 is 1.58. The number of benzene rings is 3. The number of rotatable bonds is 8. The van der Waals surface area contributed by atoms with Crippen LogP contribution in [-0.4, -0.2) is 19.9 Å². The molecule has 0 aliphatic heterocycles. The van der Waals surface area contributed by atoms with Crippen LogP contribution < -0.4 is 5.32 Å². The summed E-state index contributed by atoms with van der Waals surface area (Å²) in [7, 11) is 0. The van der Waals surface area contributed by atoms with E-state index in [2.05, 4.69) is 88.2 Å². The van der Waals surface area contributed by atoms with Crippen molar-refractivity contribution in [2.75, 3.05) is 0 Å². The molecule has 0 unspecified atom stereocenters. The van der Waals surface area contributed by atoms with Gasteiger partial charge in [0.1, 0.15) is 0 Å². The van der Waals surface area contributed by atoms with Gasteiger partial charge in [-0.15, -0.1) is 0 Å². The molecule has 2 N–H and O–H groups in total. The lowest BCUT2D eigenvalue weighted by atomic mass is 9.77. The highest BCUT2D eigenvalue weighted by Crippen LogP contribution is 2.37. The summed E-state index contributed by atoms with van der Waals surface area (Å²) in [5.41, 5.74) is 2.79. The lowest BCUT2D eigenvalue weighted by Gasteiger charge is -2.37. The van der Waals surface area contributed by atoms with E-state index in [0.717, 1.165) is 15.6 Å². The third kappa shape index (κ3) is 4.68. The summed E-state index contributed by atoms with van der Waals surface area (Å²) in [6, 6.07) is 31.7. The highest BCUT2D eigenvalue weighted by Gasteiger charge is 2.35. The van der Waals surface area contributed by atoms with E-state index in [9.17, 15) is 5.11 Å². The van der Waals surface area contributed by atoms with Crippen LogP contribution in [0.5, 0.6) is 0 Å². The highest BCUT2D eigenvalue weighted by molar-refractivity contribution is 7.14. The van der Waals surface area contributed by atoms with Gasteiger partial charge in [0.15, 0.2) is 0 Å². The fourth-order valence-corrected chi connectivity index (χ4v) is 5.10. The third-order valence-corrected chi connectivity index (χ3v) is 7.16. The number of thiazole rings is 1. The first-order valence-corrected chi connectivity index (χ1v) is 12.4. The smallest absolute Gasteiger partial charge is 0.210 e. The van der Waals surface area contributed by atoms with Crippen molar-refractivity contribution in [1.29, 1.82) is 0 Å². The molecule has 0 saturated heterocycles. The SMILES string of the molecule is CC(C)(O)c1cnn(-c2ncc(CNC(c3ccccc3)(c3ccccc3)c3ccccc3)s2)c1. The van der Waals surface area contributed by atoms with Crippen molar-refractivity contribution in [3.05, 3.63) is 137 Å². The maximum absolute atomic E-state index is 10.3. The van der Waals surface area contributed by atoms with Crippen LogP contribution >= 0.6 is 11.3 Å².